The van der Waals surface area contributed by atoms with Crippen LogP contribution in [0.4, 0.5) is 0 Å². The fraction of sp³-hybridized carbons (Fsp3) is 0.286. The number of aliphatic carboxylic acids is 1. The Bertz CT molecular complexity index is 876. The predicted molar refractivity (Wildman–Crippen MR) is 115 cm³/mol. The molecular weight excluding hydrogens is 400 g/mol. The standard InChI is InChI=1S/C21H26N6O4/c22-26-14-24-12-17(15-5-2-1-3-6-15)9-19(28)25-13-20(29)27-18(10-21(30)31)16-7-4-8-23-11-16/h1-8,11,14,17-18H,9-10,12-13,22H2,(H,24,26)(H,25,28)(H,27,29)(H,30,31). The van der Waals surface area contributed by atoms with Crippen molar-refractivity contribution in [2.75, 3.05) is 13.1 Å². The molecule has 164 valence electrons. The molecule has 10 nitrogen and oxygen atoms in total. The number of hydrogen-bond acceptors (Lipinski definition) is 6. The number of carbonyl (C=O) groups is 3. The summed E-state index contributed by atoms with van der Waals surface area (Å²) in [7, 11) is 0. The Balaban J connectivity index is 1.92. The van der Waals surface area contributed by atoms with Gasteiger partial charge in [0.2, 0.25) is 11.8 Å². The van der Waals surface area contributed by atoms with Crippen molar-refractivity contribution in [2.45, 2.75) is 24.8 Å². The molecule has 0 saturated heterocycles. The van der Waals surface area contributed by atoms with E-state index in [0.717, 1.165) is 5.56 Å². The van der Waals surface area contributed by atoms with Crippen molar-refractivity contribution in [3.05, 3.63) is 66.0 Å². The smallest absolute Gasteiger partial charge is 0.305 e. The highest BCUT2D eigenvalue weighted by Gasteiger charge is 2.20. The number of nitrogens with two attached hydrogens (primary N) is 1. The lowest BCUT2D eigenvalue weighted by Gasteiger charge is -2.18. The molecule has 6 N–H and O–H groups in total. The lowest BCUT2D eigenvalue weighted by atomic mass is 9.95. The van der Waals surface area contributed by atoms with Crippen LogP contribution in [0.5, 0.6) is 0 Å². The summed E-state index contributed by atoms with van der Waals surface area (Å²) in [5.41, 5.74) is 3.83. The zero-order valence-corrected chi connectivity index (χ0v) is 16.9. The van der Waals surface area contributed by atoms with Crippen LogP contribution >= 0.6 is 0 Å². The predicted octanol–water partition coefficient (Wildman–Crippen LogP) is 0.495. The van der Waals surface area contributed by atoms with Gasteiger partial charge in [-0.15, -0.1) is 0 Å². The van der Waals surface area contributed by atoms with Crippen molar-refractivity contribution >= 4 is 24.1 Å². The molecule has 0 aliphatic heterocycles. The summed E-state index contributed by atoms with van der Waals surface area (Å²) in [6, 6.07) is 12.0. The first-order valence-electron chi connectivity index (χ1n) is 9.66. The van der Waals surface area contributed by atoms with Gasteiger partial charge in [0.25, 0.3) is 0 Å². The van der Waals surface area contributed by atoms with Crippen LogP contribution in [0.15, 0.2) is 59.9 Å². The maximum atomic E-state index is 12.4. The van der Waals surface area contributed by atoms with E-state index in [1.165, 1.54) is 12.5 Å². The van der Waals surface area contributed by atoms with Crippen LogP contribution in [0.25, 0.3) is 0 Å². The van der Waals surface area contributed by atoms with E-state index in [1.807, 2.05) is 30.3 Å². The molecule has 0 bridgehead atoms. The van der Waals surface area contributed by atoms with Crippen molar-refractivity contribution in [2.24, 2.45) is 10.8 Å². The molecular formula is C21H26N6O4. The number of aliphatic imine (C=N–C) groups is 1. The van der Waals surface area contributed by atoms with Gasteiger partial charge in [-0.1, -0.05) is 36.4 Å². The van der Waals surface area contributed by atoms with Crippen LogP contribution in [-0.4, -0.2) is 47.3 Å². The van der Waals surface area contributed by atoms with E-state index in [4.69, 9.17) is 10.9 Å². The number of aromatic nitrogens is 1. The van der Waals surface area contributed by atoms with Crippen LogP contribution < -0.4 is 21.9 Å². The molecule has 0 aliphatic carbocycles. The Labute approximate surface area is 179 Å². The van der Waals surface area contributed by atoms with Crippen LogP contribution in [0.1, 0.15) is 35.9 Å². The number of hydrazine groups is 1. The topological polar surface area (TPSA) is 159 Å². The number of nitrogens with zero attached hydrogens (tertiary/aromatic N) is 2. The minimum absolute atomic E-state index is 0.125. The van der Waals surface area contributed by atoms with Gasteiger partial charge in [0.15, 0.2) is 0 Å². The lowest BCUT2D eigenvalue weighted by molar-refractivity contribution is -0.138. The number of carboxylic acids is 1. The number of carbonyl (C=O) groups excluding carboxylic acids is 2. The van der Waals surface area contributed by atoms with Gasteiger partial charge in [-0.25, -0.2) is 5.84 Å². The normalized spacial score (nSPS) is 12.7. The van der Waals surface area contributed by atoms with Crippen molar-refractivity contribution in [3.8, 4) is 0 Å². The Hall–Kier alpha value is -3.79. The molecule has 1 heterocycles. The second-order valence-corrected chi connectivity index (χ2v) is 6.75. The third kappa shape index (κ3) is 8.62. The monoisotopic (exact) mass is 426 g/mol. The van der Waals surface area contributed by atoms with E-state index in [9.17, 15) is 14.4 Å². The molecule has 2 atom stereocenters. The van der Waals surface area contributed by atoms with Crippen molar-refractivity contribution < 1.29 is 19.5 Å². The van der Waals surface area contributed by atoms with Crippen molar-refractivity contribution in [1.82, 2.24) is 21.0 Å². The van der Waals surface area contributed by atoms with E-state index in [2.05, 4.69) is 26.0 Å². The molecule has 10 heteroatoms. The molecule has 0 spiro atoms. The fourth-order valence-electron chi connectivity index (χ4n) is 2.97. The molecule has 2 aromatic rings. The third-order valence-corrected chi connectivity index (χ3v) is 4.44. The van der Waals surface area contributed by atoms with Gasteiger partial charge < -0.3 is 21.2 Å². The SMILES string of the molecule is NNC=NCC(CC(=O)NCC(=O)NC(CC(=O)O)c1cccnc1)c1ccccc1. The fourth-order valence-corrected chi connectivity index (χ4v) is 2.97. The lowest BCUT2D eigenvalue weighted by Crippen LogP contribution is -2.39. The van der Waals surface area contributed by atoms with Crippen LogP contribution in [-0.2, 0) is 14.4 Å². The summed E-state index contributed by atoms with van der Waals surface area (Å²) in [6.45, 7) is 0.0693. The average Bonchev–Trinajstić information content (AvgIpc) is 2.77. The number of rotatable bonds is 12. The van der Waals surface area contributed by atoms with Crippen LogP contribution in [0.3, 0.4) is 0 Å². The van der Waals surface area contributed by atoms with Crippen molar-refractivity contribution in [1.29, 1.82) is 0 Å². The summed E-state index contributed by atoms with van der Waals surface area (Å²) in [4.78, 5) is 43.9. The highest BCUT2D eigenvalue weighted by atomic mass is 16.4. The van der Waals surface area contributed by atoms with Gasteiger partial charge in [-0.2, -0.15) is 0 Å². The highest BCUT2D eigenvalue weighted by Crippen LogP contribution is 2.20. The minimum Gasteiger partial charge on any atom is -0.481 e. The van der Waals surface area contributed by atoms with Gasteiger partial charge >= 0.3 is 5.97 Å². The summed E-state index contributed by atoms with van der Waals surface area (Å²) in [5, 5.41) is 14.3. The van der Waals surface area contributed by atoms with E-state index in [0.29, 0.717) is 12.1 Å². The van der Waals surface area contributed by atoms with E-state index < -0.39 is 17.9 Å². The quantitative estimate of drug-likeness (QED) is 0.143. The maximum absolute atomic E-state index is 12.4. The molecule has 1 aromatic carbocycles. The number of hydrogen-bond donors (Lipinski definition) is 5. The zero-order chi connectivity index (χ0) is 22.5. The van der Waals surface area contributed by atoms with E-state index in [-0.39, 0.29) is 31.2 Å². The van der Waals surface area contributed by atoms with E-state index in [1.54, 1.807) is 18.3 Å². The van der Waals surface area contributed by atoms with Gasteiger partial charge in [0.05, 0.1) is 25.3 Å². The summed E-state index contributed by atoms with van der Waals surface area (Å²) in [6.07, 6.45) is 4.23. The summed E-state index contributed by atoms with van der Waals surface area (Å²) < 4.78 is 0. The molecule has 0 saturated carbocycles. The number of benzene rings is 1. The van der Waals surface area contributed by atoms with Crippen LogP contribution in [0.2, 0.25) is 0 Å². The molecule has 2 amide bonds. The summed E-state index contributed by atoms with van der Waals surface area (Å²) >= 11 is 0. The van der Waals surface area contributed by atoms with Crippen molar-refractivity contribution in [3.63, 3.8) is 0 Å². The first kappa shape index (κ1) is 23.5. The number of nitrogens with one attached hydrogen (secondary N) is 3. The molecule has 2 unspecified atom stereocenters. The first-order valence-corrected chi connectivity index (χ1v) is 9.66. The summed E-state index contributed by atoms with van der Waals surface area (Å²) in [5.74, 6) is 3.12. The molecule has 1 aromatic heterocycles. The molecule has 0 aliphatic rings. The zero-order valence-electron chi connectivity index (χ0n) is 16.9. The Kier molecular flexibility index (Phi) is 9.63. The number of pyridine rings is 1. The highest BCUT2D eigenvalue weighted by molar-refractivity contribution is 5.85. The van der Waals surface area contributed by atoms with Gasteiger partial charge in [0, 0.05) is 31.3 Å². The molecule has 31 heavy (non-hydrogen) atoms. The second-order valence-electron chi connectivity index (χ2n) is 6.75. The number of amides is 2. The average molecular weight is 426 g/mol. The molecule has 0 fully saturated rings. The maximum Gasteiger partial charge on any atom is 0.305 e. The first-order chi connectivity index (χ1) is 15.0. The van der Waals surface area contributed by atoms with Crippen LogP contribution in [0, 0.1) is 0 Å². The minimum atomic E-state index is -1.06. The van der Waals surface area contributed by atoms with Gasteiger partial charge in [-0.3, -0.25) is 24.4 Å². The number of carboxylic acid groups (broad SMARTS) is 1. The van der Waals surface area contributed by atoms with Gasteiger partial charge in [-0.05, 0) is 17.2 Å². The molecule has 2 rings (SSSR count). The largest absolute Gasteiger partial charge is 0.481 e. The molecule has 0 radical (unpaired) electrons. The Morgan fingerprint density at radius 2 is 1.81 bits per heavy atom. The van der Waals surface area contributed by atoms with Gasteiger partial charge in [0.1, 0.15) is 0 Å². The third-order valence-electron chi connectivity index (χ3n) is 4.44. The van der Waals surface area contributed by atoms with E-state index >= 15 is 0 Å². The Morgan fingerprint density at radius 3 is 2.45 bits per heavy atom. The second kappa shape index (κ2) is 12.7. The Morgan fingerprint density at radius 1 is 1.06 bits per heavy atom.